The summed E-state index contributed by atoms with van der Waals surface area (Å²) in [6, 6.07) is 7.10. The summed E-state index contributed by atoms with van der Waals surface area (Å²) in [5.41, 5.74) is 1.25. The minimum absolute atomic E-state index is 0.143. The van der Waals surface area contributed by atoms with Gasteiger partial charge in [0, 0.05) is 0 Å². The van der Waals surface area contributed by atoms with Gasteiger partial charge < -0.3 is 0 Å². The first-order valence-corrected chi connectivity index (χ1v) is 8.79. The van der Waals surface area contributed by atoms with E-state index < -0.39 is 17.5 Å². The standard InChI is InChI=1S/C21H23F3/c1-14-7-10-17(13-18(14)22)21-19(23)11-16(12-20(21)24)9-8-15-5-3-2-4-6-15/h7,10-13,15H,2-6,8-9H2,1H3. The molecule has 2 aromatic carbocycles. The van der Waals surface area contributed by atoms with E-state index >= 15 is 0 Å². The molecule has 3 heteroatoms. The highest BCUT2D eigenvalue weighted by Gasteiger charge is 2.17. The highest BCUT2D eigenvalue weighted by Crippen LogP contribution is 2.31. The van der Waals surface area contributed by atoms with Crippen molar-refractivity contribution in [2.45, 2.75) is 51.9 Å². The molecule has 0 saturated heterocycles. The summed E-state index contributed by atoms with van der Waals surface area (Å²) in [4.78, 5) is 0. The molecule has 0 atom stereocenters. The predicted octanol–water partition coefficient (Wildman–Crippen LogP) is 6.59. The smallest absolute Gasteiger partial charge is 0.134 e. The fraction of sp³-hybridized carbons (Fsp3) is 0.429. The normalized spacial score (nSPS) is 15.7. The van der Waals surface area contributed by atoms with Crippen LogP contribution in [0.15, 0.2) is 30.3 Å². The summed E-state index contributed by atoms with van der Waals surface area (Å²) in [6.07, 6.45) is 7.98. The van der Waals surface area contributed by atoms with Gasteiger partial charge in [0.1, 0.15) is 17.5 Å². The van der Waals surface area contributed by atoms with Crippen molar-refractivity contribution < 1.29 is 13.2 Å². The van der Waals surface area contributed by atoms with Gasteiger partial charge in [-0.15, -0.1) is 0 Å². The van der Waals surface area contributed by atoms with E-state index in [1.165, 1.54) is 50.3 Å². The van der Waals surface area contributed by atoms with Gasteiger partial charge in [0.05, 0.1) is 5.56 Å². The molecule has 0 nitrogen and oxygen atoms in total. The molecule has 1 aliphatic rings. The van der Waals surface area contributed by atoms with E-state index in [0.29, 0.717) is 23.5 Å². The Bertz CT molecular complexity index is 692. The van der Waals surface area contributed by atoms with Gasteiger partial charge in [0.15, 0.2) is 0 Å². The zero-order valence-electron chi connectivity index (χ0n) is 14.0. The monoisotopic (exact) mass is 332 g/mol. The minimum atomic E-state index is -0.614. The van der Waals surface area contributed by atoms with Gasteiger partial charge in [0.25, 0.3) is 0 Å². The van der Waals surface area contributed by atoms with Crippen molar-refractivity contribution in [1.29, 1.82) is 0 Å². The Morgan fingerprint density at radius 3 is 2.17 bits per heavy atom. The summed E-state index contributed by atoms with van der Waals surface area (Å²) in [7, 11) is 0. The summed E-state index contributed by atoms with van der Waals surface area (Å²) >= 11 is 0. The first-order chi connectivity index (χ1) is 11.5. The van der Waals surface area contributed by atoms with Crippen LogP contribution in [0, 0.1) is 30.3 Å². The first-order valence-electron chi connectivity index (χ1n) is 8.79. The van der Waals surface area contributed by atoms with Crippen LogP contribution in [0.3, 0.4) is 0 Å². The van der Waals surface area contributed by atoms with E-state index in [9.17, 15) is 13.2 Å². The fourth-order valence-electron chi connectivity index (χ4n) is 3.64. The molecule has 0 amide bonds. The summed E-state index contributed by atoms with van der Waals surface area (Å²) < 4.78 is 42.6. The lowest BCUT2D eigenvalue weighted by Gasteiger charge is -2.21. The van der Waals surface area contributed by atoms with E-state index in [1.807, 2.05) is 0 Å². The average Bonchev–Trinajstić information content (AvgIpc) is 2.56. The summed E-state index contributed by atoms with van der Waals surface area (Å²) in [5, 5.41) is 0. The lowest BCUT2D eigenvalue weighted by Crippen LogP contribution is -2.07. The van der Waals surface area contributed by atoms with E-state index in [2.05, 4.69) is 0 Å². The zero-order valence-corrected chi connectivity index (χ0v) is 14.0. The molecule has 2 aromatic rings. The second-order valence-electron chi connectivity index (χ2n) is 6.94. The molecule has 0 spiro atoms. The lowest BCUT2D eigenvalue weighted by molar-refractivity contribution is 0.339. The molecule has 0 unspecified atom stereocenters. The molecule has 0 aromatic heterocycles. The largest absolute Gasteiger partial charge is 0.207 e. The van der Waals surface area contributed by atoms with E-state index in [-0.39, 0.29) is 11.1 Å². The van der Waals surface area contributed by atoms with Gasteiger partial charge in [-0.3, -0.25) is 0 Å². The van der Waals surface area contributed by atoms with Crippen molar-refractivity contribution in [1.82, 2.24) is 0 Å². The van der Waals surface area contributed by atoms with Crippen LogP contribution >= 0.6 is 0 Å². The number of hydrogen-bond donors (Lipinski definition) is 0. The van der Waals surface area contributed by atoms with E-state index in [4.69, 9.17) is 0 Å². The Kier molecular flexibility index (Phi) is 5.27. The first kappa shape index (κ1) is 17.1. The van der Waals surface area contributed by atoms with Crippen molar-refractivity contribution in [2.75, 3.05) is 0 Å². The Hall–Kier alpha value is -1.77. The summed E-state index contributed by atoms with van der Waals surface area (Å²) in [5.74, 6) is -1.00. The molecular weight excluding hydrogens is 309 g/mol. The summed E-state index contributed by atoms with van der Waals surface area (Å²) in [6.45, 7) is 1.63. The number of aryl methyl sites for hydroxylation is 2. The Morgan fingerprint density at radius 1 is 0.875 bits per heavy atom. The molecule has 0 heterocycles. The third-order valence-electron chi connectivity index (χ3n) is 5.13. The Labute approximate surface area is 141 Å². The number of hydrogen-bond acceptors (Lipinski definition) is 0. The third kappa shape index (κ3) is 3.82. The molecule has 128 valence electrons. The van der Waals surface area contributed by atoms with Crippen LogP contribution in [0.1, 0.15) is 49.7 Å². The maximum absolute atomic E-state index is 14.4. The molecule has 0 bridgehead atoms. The third-order valence-corrected chi connectivity index (χ3v) is 5.13. The molecule has 0 aliphatic heterocycles. The van der Waals surface area contributed by atoms with Gasteiger partial charge in [-0.2, -0.15) is 0 Å². The van der Waals surface area contributed by atoms with Crippen LogP contribution in [0.4, 0.5) is 13.2 Å². The minimum Gasteiger partial charge on any atom is -0.207 e. The van der Waals surface area contributed by atoms with Crippen molar-refractivity contribution in [2.24, 2.45) is 5.92 Å². The van der Waals surface area contributed by atoms with Crippen LogP contribution in [0.25, 0.3) is 11.1 Å². The maximum Gasteiger partial charge on any atom is 0.134 e. The van der Waals surface area contributed by atoms with Gasteiger partial charge in [-0.05, 0) is 60.6 Å². The zero-order chi connectivity index (χ0) is 17.1. The fourth-order valence-corrected chi connectivity index (χ4v) is 3.64. The number of rotatable bonds is 4. The van der Waals surface area contributed by atoms with Gasteiger partial charge in [-0.1, -0.05) is 44.2 Å². The molecule has 0 N–H and O–H groups in total. The van der Waals surface area contributed by atoms with Crippen molar-refractivity contribution in [3.05, 3.63) is 58.9 Å². The maximum atomic E-state index is 14.4. The molecule has 3 rings (SSSR count). The van der Waals surface area contributed by atoms with Crippen LogP contribution in [0.2, 0.25) is 0 Å². The van der Waals surface area contributed by atoms with Crippen molar-refractivity contribution in [3.8, 4) is 11.1 Å². The van der Waals surface area contributed by atoms with E-state index in [1.54, 1.807) is 19.1 Å². The second kappa shape index (κ2) is 7.42. The molecule has 1 saturated carbocycles. The Morgan fingerprint density at radius 2 is 1.54 bits per heavy atom. The molecule has 1 fully saturated rings. The molecule has 24 heavy (non-hydrogen) atoms. The van der Waals surface area contributed by atoms with Gasteiger partial charge in [0.2, 0.25) is 0 Å². The quantitative estimate of drug-likeness (QED) is 0.592. The van der Waals surface area contributed by atoms with Crippen molar-refractivity contribution >= 4 is 0 Å². The number of benzene rings is 2. The van der Waals surface area contributed by atoms with Crippen LogP contribution < -0.4 is 0 Å². The van der Waals surface area contributed by atoms with Gasteiger partial charge in [-0.25, -0.2) is 13.2 Å². The molecule has 1 aliphatic carbocycles. The second-order valence-corrected chi connectivity index (χ2v) is 6.94. The van der Waals surface area contributed by atoms with Crippen LogP contribution in [-0.2, 0) is 6.42 Å². The SMILES string of the molecule is Cc1ccc(-c2c(F)cc(CCC3CCCCC3)cc2F)cc1F. The van der Waals surface area contributed by atoms with Gasteiger partial charge >= 0.3 is 0 Å². The highest BCUT2D eigenvalue weighted by molar-refractivity contribution is 5.65. The lowest BCUT2D eigenvalue weighted by atomic mass is 9.85. The molecule has 0 radical (unpaired) electrons. The molecular formula is C21H23F3. The average molecular weight is 332 g/mol. The predicted molar refractivity (Wildman–Crippen MR) is 91.4 cm³/mol. The van der Waals surface area contributed by atoms with Crippen LogP contribution in [0.5, 0.6) is 0 Å². The highest BCUT2D eigenvalue weighted by atomic mass is 19.1. The van der Waals surface area contributed by atoms with E-state index in [0.717, 1.165) is 6.42 Å². The van der Waals surface area contributed by atoms with Crippen LogP contribution in [-0.4, -0.2) is 0 Å². The number of halogens is 3. The Balaban J connectivity index is 1.79. The van der Waals surface area contributed by atoms with Crippen molar-refractivity contribution in [3.63, 3.8) is 0 Å². The topological polar surface area (TPSA) is 0 Å².